The van der Waals surface area contributed by atoms with Crippen LogP contribution in [0.5, 0.6) is 0 Å². The van der Waals surface area contributed by atoms with Crippen molar-refractivity contribution in [2.75, 3.05) is 0 Å². The number of aliphatic imine (C=N–C) groups is 1. The molecule has 0 N–H and O–H groups in total. The van der Waals surface area contributed by atoms with Crippen LogP contribution in [0.4, 0.5) is 5.82 Å². The molecule has 18 heavy (non-hydrogen) atoms. The van der Waals surface area contributed by atoms with Gasteiger partial charge < -0.3 is 0 Å². The Morgan fingerprint density at radius 3 is 2.28 bits per heavy atom. The van der Waals surface area contributed by atoms with Gasteiger partial charge in [0.15, 0.2) is 5.82 Å². The Hall–Kier alpha value is -1.96. The highest BCUT2D eigenvalue weighted by Crippen LogP contribution is 2.17. The standard InChI is InChI=1S/C16H18N2/c1-11-8-13(3)15(14(4)9-11)10-18-16-12(2)6-5-7-17-16/h5-10H,1-4H3/b18-10+. The van der Waals surface area contributed by atoms with Crippen molar-refractivity contribution in [3.05, 3.63) is 58.3 Å². The maximum absolute atomic E-state index is 4.49. The molecular weight excluding hydrogens is 220 g/mol. The lowest BCUT2D eigenvalue weighted by Gasteiger charge is -2.06. The summed E-state index contributed by atoms with van der Waals surface area (Å²) in [6.07, 6.45) is 3.69. The first-order chi connectivity index (χ1) is 8.58. The van der Waals surface area contributed by atoms with Crippen molar-refractivity contribution in [2.24, 2.45) is 4.99 Å². The van der Waals surface area contributed by atoms with Gasteiger partial charge in [-0.05, 0) is 56.0 Å². The van der Waals surface area contributed by atoms with Crippen LogP contribution in [0.3, 0.4) is 0 Å². The van der Waals surface area contributed by atoms with E-state index in [1.807, 2.05) is 25.3 Å². The van der Waals surface area contributed by atoms with Crippen molar-refractivity contribution in [2.45, 2.75) is 27.7 Å². The number of hydrogen-bond donors (Lipinski definition) is 0. The van der Waals surface area contributed by atoms with E-state index in [2.05, 4.69) is 42.9 Å². The molecule has 0 saturated carbocycles. The van der Waals surface area contributed by atoms with Gasteiger partial charge in [-0.1, -0.05) is 23.8 Å². The fourth-order valence-corrected chi connectivity index (χ4v) is 2.13. The summed E-state index contributed by atoms with van der Waals surface area (Å²) in [5.74, 6) is 0.789. The number of benzene rings is 1. The Kier molecular flexibility index (Phi) is 3.56. The molecule has 0 saturated heterocycles. The molecule has 2 rings (SSSR count). The lowest BCUT2D eigenvalue weighted by Crippen LogP contribution is -1.93. The molecule has 0 atom stereocenters. The van der Waals surface area contributed by atoms with E-state index in [0.717, 1.165) is 11.4 Å². The summed E-state index contributed by atoms with van der Waals surface area (Å²) in [5.41, 5.74) is 6.08. The maximum atomic E-state index is 4.49. The molecule has 0 unspecified atom stereocenters. The predicted molar refractivity (Wildman–Crippen MR) is 76.9 cm³/mol. The van der Waals surface area contributed by atoms with Crippen LogP contribution < -0.4 is 0 Å². The average Bonchev–Trinajstić information content (AvgIpc) is 2.30. The molecule has 1 aromatic heterocycles. The molecule has 92 valence electrons. The molecule has 0 amide bonds. The topological polar surface area (TPSA) is 25.2 Å². The fourth-order valence-electron chi connectivity index (χ4n) is 2.13. The lowest BCUT2D eigenvalue weighted by molar-refractivity contribution is 1.22. The average molecular weight is 238 g/mol. The Labute approximate surface area is 108 Å². The minimum absolute atomic E-state index is 0.789. The minimum Gasteiger partial charge on any atom is -0.237 e. The summed E-state index contributed by atoms with van der Waals surface area (Å²) in [6.45, 7) is 8.37. The molecule has 2 aromatic rings. The largest absolute Gasteiger partial charge is 0.237 e. The quantitative estimate of drug-likeness (QED) is 0.724. The second-order valence-electron chi connectivity index (χ2n) is 4.71. The molecule has 0 bridgehead atoms. The third kappa shape index (κ3) is 2.65. The van der Waals surface area contributed by atoms with Crippen LogP contribution in [-0.4, -0.2) is 11.2 Å². The van der Waals surface area contributed by atoms with Crippen LogP contribution in [0.2, 0.25) is 0 Å². The van der Waals surface area contributed by atoms with E-state index in [0.29, 0.717) is 0 Å². The van der Waals surface area contributed by atoms with Crippen LogP contribution >= 0.6 is 0 Å². The summed E-state index contributed by atoms with van der Waals surface area (Å²) in [5, 5.41) is 0. The molecular formula is C16H18N2. The smallest absolute Gasteiger partial charge is 0.154 e. The van der Waals surface area contributed by atoms with Gasteiger partial charge in [-0.3, -0.25) is 0 Å². The molecule has 0 aliphatic heterocycles. The second kappa shape index (κ2) is 5.13. The first-order valence-electron chi connectivity index (χ1n) is 6.11. The van der Waals surface area contributed by atoms with Crippen LogP contribution in [0.25, 0.3) is 0 Å². The van der Waals surface area contributed by atoms with Crippen LogP contribution in [-0.2, 0) is 0 Å². The second-order valence-corrected chi connectivity index (χ2v) is 4.71. The molecule has 0 fully saturated rings. The Morgan fingerprint density at radius 2 is 1.67 bits per heavy atom. The van der Waals surface area contributed by atoms with Crippen LogP contribution in [0, 0.1) is 27.7 Å². The Balaban J connectivity index is 2.38. The summed E-state index contributed by atoms with van der Waals surface area (Å²) in [6, 6.07) is 8.31. The fraction of sp³-hybridized carbons (Fsp3) is 0.250. The van der Waals surface area contributed by atoms with Crippen LogP contribution in [0.1, 0.15) is 27.8 Å². The maximum Gasteiger partial charge on any atom is 0.154 e. The lowest BCUT2D eigenvalue weighted by atomic mass is 10.0. The number of hydrogen-bond acceptors (Lipinski definition) is 2. The van der Waals surface area contributed by atoms with Gasteiger partial charge in [0.25, 0.3) is 0 Å². The summed E-state index contributed by atoms with van der Waals surface area (Å²) in [4.78, 5) is 8.76. The summed E-state index contributed by atoms with van der Waals surface area (Å²) >= 11 is 0. The Morgan fingerprint density at radius 1 is 1.00 bits per heavy atom. The number of aryl methyl sites for hydroxylation is 4. The highest BCUT2D eigenvalue weighted by Gasteiger charge is 2.01. The number of pyridine rings is 1. The Bertz CT molecular complexity index is 575. The zero-order valence-electron chi connectivity index (χ0n) is 11.4. The number of nitrogens with zero attached hydrogens (tertiary/aromatic N) is 2. The summed E-state index contributed by atoms with van der Waals surface area (Å²) < 4.78 is 0. The molecule has 0 aliphatic rings. The van der Waals surface area contributed by atoms with Gasteiger partial charge >= 0.3 is 0 Å². The highest BCUT2D eigenvalue weighted by molar-refractivity contribution is 5.85. The van der Waals surface area contributed by atoms with E-state index in [4.69, 9.17) is 0 Å². The molecule has 2 nitrogen and oxygen atoms in total. The van der Waals surface area contributed by atoms with Gasteiger partial charge in [0, 0.05) is 12.4 Å². The first-order valence-corrected chi connectivity index (χ1v) is 6.11. The van der Waals surface area contributed by atoms with Crippen molar-refractivity contribution < 1.29 is 0 Å². The normalized spacial score (nSPS) is 11.1. The third-order valence-corrected chi connectivity index (χ3v) is 3.04. The molecule has 2 heteroatoms. The van der Waals surface area contributed by atoms with Gasteiger partial charge in [0.1, 0.15) is 0 Å². The van der Waals surface area contributed by atoms with Gasteiger partial charge in [-0.25, -0.2) is 9.98 Å². The van der Waals surface area contributed by atoms with E-state index in [-0.39, 0.29) is 0 Å². The van der Waals surface area contributed by atoms with Gasteiger partial charge in [0.05, 0.1) is 0 Å². The van der Waals surface area contributed by atoms with Gasteiger partial charge in [0.2, 0.25) is 0 Å². The molecule has 1 aromatic carbocycles. The van der Waals surface area contributed by atoms with Crippen molar-refractivity contribution in [1.82, 2.24) is 4.98 Å². The molecule has 1 heterocycles. The first kappa shape index (κ1) is 12.5. The predicted octanol–water partition coefficient (Wildman–Crippen LogP) is 4.07. The van der Waals surface area contributed by atoms with Crippen molar-refractivity contribution in [1.29, 1.82) is 0 Å². The van der Waals surface area contributed by atoms with Gasteiger partial charge in [-0.2, -0.15) is 0 Å². The SMILES string of the molecule is Cc1cc(C)c(/C=N/c2ncccc2C)c(C)c1. The number of rotatable bonds is 2. The van der Waals surface area contributed by atoms with E-state index in [9.17, 15) is 0 Å². The minimum atomic E-state index is 0.789. The van der Waals surface area contributed by atoms with E-state index >= 15 is 0 Å². The van der Waals surface area contributed by atoms with Crippen molar-refractivity contribution in [3.63, 3.8) is 0 Å². The summed E-state index contributed by atoms with van der Waals surface area (Å²) in [7, 11) is 0. The number of aromatic nitrogens is 1. The van der Waals surface area contributed by atoms with Crippen molar-refractivity contribution >= 4 is 12.0 Å². The van der Waals surface area contributed by atoms with Crippen molar-refractivity contribution in [3.8, 4) is 0 Å². The van der Waals surface area contributed by atoms with Crippen LogP contribution in [0.15, 0.2) is 35.5 Å². The zero-order valence-corrected chi connectivity index (χ0v) is 11.4. The van der Waals surface area contributed by atoms with Gasteiger partial charge in [-0.15, -0.1) is 0 Å². The highest BCUT2D eigenvalue weighted by atomic mass is 14.9. The monoisotopic (exact) mass is 238 g/mol. The van der Waals surface area contributed by atoms with E-state index in [1.54, 1.807) is 6.20 Å². The van der Waals surface area contributed by atoms with E-state index in [1.165, 1.54) is 22.3 Å². The molecule has 0 spiro atoms. The molecule has 0 radical (unpaired) electrons. The third-order valence-electron chi connectivity index (χ3n) is 3.04. The van der Waals surface area contributed by atoms with E-state index < -0.39 is 0 Å². The zero-order chi connectivity index (χ0) is 13.1. The molecule has 0 aliphatic carbocycles.